The maximum Gasteiger partial charge on any atom is 0.338 e. The van der Waals surface area contributed by atoms with E-state index in [0.717, 1.165) is 15.8 Å². The van der Waals surface area contributed by atoms with Crippen molar-refractivity contribution in [1.29, 1.82) is 0 Å². The largest absolute Gasteiger partial charge is 0.490 e. The first-order valence-corrected chi connectivity index (χ1v) is 9.51. The molecule has 2 rings (SSSR count). The first-order chi connectivity index (χ1) is 11.0. The Bertz CT molecular complexity index is 685. The van der Waals surface area contributed by atoms with Gasteiger partial charge in [-0.05, 0) is 42.0 Å². The van der Waals surface area contributed by atoms with Crippen molar-refractivity contribution < 1.29 is 18.5 Å². The molecule has 2 aromatic rings. The molecule has 0 aliphatic carbocycles. The lowest BCUT2D eigenvalue weighted by Gasteiger charge is -2.08. The van der Waals surface area contributed by atoms with Crippen LogP contribution in [0.25, 0.3) is 0 Å². The van der Waals surface area contributed by atoms with Gasteiger partial charge in [0.05, 0.1) is 5.56 Å². The maximum absolute atomic E-state index is 12.0. The Morgan fingerprint density at radius 3 is 2.57 bits per heavy atom. The predicted molar refractivity (Wildman–Crippen MR) is 94.1 cm³/mol. The van der Waals surface area contributed by atoms with Crippen LogP contribution in [0.5, 0.6) is 5.75 Å². The van der Waals surface area contributed by atoms with Crippen molar-refractivity contribution in [3.8, 4) is 5.75 Å². The quantitative estimate of drug-likeness (QED) is 0.530. The van der Waals surface area contributed by atoms with E-state index in [4.69, 9.17) is 9.47 Å². The van der Waals surface area contributed by atoms with Gasteiger partial charge in [0.1, 0.15) is 19.0 Å². The van der Waals surface area contributed by atoms with Gasteiger partial charge >= 0.3 is 5.97 Å². The summed E-state index contributed by atoms with van der Waals surface area (Å²) in [5.41, 5.74) is 1.31. The maximum atomic E-state index is 12.0. The zero-order valence-electron chi connectivity index (χ0n) is 12.7. The van der Waals surface area contributed by atoms with Crippen molar-refractivity contribution >= 4 is 32.7 Å². The van der Waals surface area contributed by atoms with Gasteiger partial charge in [-0.25, -0.2) is 4.79 Å². The van der Waals surface area contributed by atoms with Crippen LogP contribution in [0.1, 0.15) is 15.9 Å². The highest BCUT2D eigenvalue weighted by Crippen LogP contribution is 2.16. The SMILES string of the molecule is CS(=O)Cc1cccc(C(=O)OCCOc2ccc(Br)cc2)c1. The molecule has 1 unspecified atom stereocenters. The number of ether oxygens (including phenoxy) is 2. The molecule has 0 heterocycles. The van der Waals surface area contributed by atoms with Gasteiger partial charge in [-0.1, -0.05) is 28.1 Å². The van der Waals surface area contributed by atoms with Crippen LogP contribution in [-0.2, 0) is 21.3 Å². The van der Waals surface area contributed by atoms with E-state index >= 15 is 0 Å². The van der Waals surface area contributed by atoms with E-state index in [2.05, 4.69) is 15.9 Å². The van der Waals surface area contributed by atoms with E-state index in [0.29, 0.717) is 11.3 Å². The second-order valence-corrected chi connectivity index (χ2v) is 7.21. The molecule has 122 valence electrons. The summed E-state index contributed by atoms with van der Waals surface area (Å²) >= 11 is 3.35. The molecule has 0 fully saturated rings. The summed E-state index contributed by atoms with van der Waals surface area (Å²) in [5, 5.41) is 0. The lowest BCUT2D eigenvalue weighted by molar-refractivity contribution is 0.0450. The molecule has 4 nitrogen and oxygen atoms in total. The molecule has 6 heteroatoms. The molecule has 0 saturated carbocycles. The van der Waals surface area contributed by atoms with Gasteiger partial charge in [0.2, 0.25) is 0 Å². The molecule has 0 spiro atoms. The molecule has 0 aliphatic rings. The summed E-state index contributed by atoms with van der Waals surface area (Å²) < 4.78 is 22.9. The number of carbonyl (C=O) groups is 1. The molecule has 0 amide bonds. The minimum atomic E-state index is -0.943. The van der Waals surface area contributed by atoms with Crippen LogP contribution in [0.3, 0.4) is 0 Å². The van der Waals surface area contributed by atoms with Crippen molar-refractivity contribution in [2.75, 3.05) is 19.5 Å². The predicted octanol–water partition coefficient (Wildman–Crippen LogP) is 3.56. The monoisotopic (exact) mass is 396 g/mol. The molecule has 0 aromatic heterocycles. The number of hydrogen-bond acceptors (Lipinski definition) is 4. The van der Waals surface area contributed by atoms with Gasteiger partial charge in [-0.3, -0.25) is 4.21 Å². The second-order valence-electron chi connectivity index (χ2n) is 4.86. The molecule has 1 atom stereocenters. The Morgan fingerprint density at radius 2 is 1.87 bits per heavy atom. The smallest absolute Gasteiger partial charge is 0.338 e. The van der Waals surface area contributed by atoms with Gasteiger partial charge in [-0.15, -0.1) is 0 Å². The lowest BCUT2D eigenvalue weighted by Crippen LogP contribution is -2.12. The third-order valence-electron chi connectivity index (χ3n) is 2.93. The second kappa shape index (κ2) is 8.84. The van der Waals surface area contributed by atoms with E-state index in [-0.39, 0.29) is 13.2 Å². The Labute approximate surface area is 146 Å². The van der Waals surface area contributed by atoms with Crippen LogP contribution in [0.2, 0.25) is 0 Å². The number of benzene rings is 2. The average Bonchev–Trinajstić information content (AvgIpc) is 2.52. The molecule has 0 N–H and O–H groups in total. The van der Waals surface area contributed by atoms with E-state index in [1.807, 2.05) is 30.3 Å². The molecule has 0 aliphatic heterocycles. The Balaban J connectivity index is 1.80. The minimum Gasteiger partial charge on any atom is -0.490 e. The normalized spacial score (nSPS) is 11.7. The highest BCUT2D eigenvalue weighted by Gasteiger charge is 2.08. The van der Waals surface area contributed by atoms with Crippen LogP contribution in [0, 0.1) is 0 Å². The number of carbonyl (C=O) groups excluding carboxylic acids is 1. The average molecular weight is 397 g/mol. The molecule has 0 radical (unpaired) electrons. The third kappa shape index (κ3) is 6.15. The summed E-state index contributed by atoms with van der Waals surface area (Å²) in [4.78, 5) is 12.0. The van der Waals surface area contributed by atoms with Gasteiger partial charge < -0.3 is 9.47 Å². The van der Waals surface area contributed by atoms with Crippen LogP contribution in [-0.4, -0.2) is 29.6 Å². The summed E-state index contributed by atoms with van der Waals surface area (Å²) in [6.45, 7) is 0.449. The molecule has 2 aromatic carbocycles. The van der Waals surface area contributed by atoms with E-state index < -0.39 is 16.8 Å². The van der Waals surface area contributed by atoms with E-state index in [1.165, 1.54) is 0 Å². The summed E-state index contributed by atoms with van der Waals surface area (Å²) in [6, 6.07) is 14.4. The Morgan fingerprint density at radius 1 is 1.13 bits per heavy atom. The highest BCUT2D eigenvalue weighted by molar-refractivity contribution is 9.10. The fourth-order valence-electron chi connectivity index (χ4n) is 1.93. The third-order valence-corrected chi connectivity index (χ3v) is 4.20. The molecular formula is C17H17BrO4S. The van der Waals surface area contributed by atoms with Gasteiger partial charge in [-0.2, -0.15) is 0 Å². The van der Waals surface area contributed by atoms with Crippen molar-refractivity contribution in [2.24, 2.45) is 0 Å². The van der Waals surface area contributed by atoms with E-state index in [1.54, 1.807) is 24.5 Å². The Hall–Kier alpha value is -1.66. The zero-order valence-corrected chi connectivity index (χ0v) is 15.1. The zero-order chi connectivity index (χ0) is 16.7. The van der Waals surface area contributed by atoms with Crippen molar-refractivity contribution in [3.05, 3.63) is 64.1 Å². The lowest BCUT2D eigenvalue weighted by atomic mass is 10.1. The summed E-state index contributed by atoms with van der Waals surface area (Å²) in [6.07, 6.45) is 1.63. The fraction of sp³-hybridized carbons (Fsp3) is 0.235. The van der Waals surface area contributed by atoms with Crippen molar-refractivity contribution in [2.45, 2.75) is 5.75 Å². The van der Waals surface area contributed by atoms with E-state index in [9.17, 15) is 9.00 Å². The number of rotatable bonds is 7. The highest BCUT2D eigenvalue weighted by atomic mass is 79.9. The molecule has 0 saturated heterocycles. The topological polar surface area (TPSA) is 52.6 Å². The first kappa shape index (κ1) is 17.7. The van der Waals surface area contributed by atoms with Gasteiger partial charge in [0.25, 0.3) is 0 Å². The van der Waals surface area contributed by atoms with Crippen LogP contribution < -0.4 is 4.74 Å². The van der Waals surface area contributed by atoms with Gasteiger partial charge in [0.15, 0.2) is 0 Å². The first-order valence-electron chi connectivity index (χ1n) is 6.99. The van der Waals surface area contributed by atoms with Crippen LogP contribution in [0.4, 0.5) is 0 Å². The summed E-state index contributed by atoms with van der Waals surface area (Å²) in [5.74, 6) is 0.734. The number of esters is 1. The minimum absolute atomic E-state index is 0.166. The molecule has 23 heavy (non-hydrogen) atoms. The van der Waals surface area contributed by atoms with Crippen LogP contribution in [0.15, 0.2) is 53.0 Å². The Kier molecular flexibility index (Phi) is 6.80. The standard InChI is InChI=1S/C17H17BrO4S/c1-23(20)12-13-3-2-4-14(11-13)17(19)22-10-9-21-16-7-5-15(18)6-8-16/h2-8,11H,9-10,12H2,1H3. The number of hydrogen-bond donors (Lipinski definition) is 0. The van der Waals surface area contributed by atoms with Crippen molar-refractivity contribution in [3.63, 3.8) is 0 Å². The number of halogens is 1. The summed E-state index contributed by atoms with van der Waals surface area (Å²) in [7, 11) is -0.943. The van der Waals surface area contributed by atoms with Crippen LogP contribution >= 0.6 is 15.9 Å². The fourth-order valence-corrected chi connectivity index (χ4v) is 2.84. The molecule has 0 bridgehead atoms. The molecular weight excluding hydrogens is 380 g/mol. The van der Waals surface area contributed by atoms with Crippen molar-refractivity contribution in [1.82, 2.24) is 0 Å². The van der Waals surface area contributed by atoms with Gasteiger partial charge in [0, 0.05) is 27.3 Å².